The van der Waals surface area contributed by atoms with Gasteiger partial charge in [0.05, 0.1) is 18.1 Å². The molecule has 1 rings (SSSR count). The van der Waals surface area contributed by atoms with Crippen LogP contribution in [0.25, 0.3) is 0 Å². The Balaban J connectivity index is 2.94. The largest absolute Gasteiger partial charge is 0.496 e. The number of carbonyl (C=O) groups is 1. The molecule has 3 N–H and O–H groups in total. The average Bonchev–Trinajstić information content (AvgIpc) is 2.43. The second-order valence-electron chi connectivity index (χ2n) is 3.76. The molecular formula is C12H16BrN3O3. The highest BCUT2D eigenvalue weighted by molar-refractivity contribution is 9.10. The fraction of sp³-hybridized carbons (Fsp3) is 0.333. The smallest absolute Gasteiger partial charge is 0.254 e. The van der Waals surface area contributed by atoms with Crippen molar-refractivity contribution in [2.75, 3.05) is 20.2 Å². The van der Waals surface area contributed by atoms with Crippen molar-refractivity contribution in [2.45, 2.75) is 6.92 Å². The summed E-state index contributed by atoms with van der Waals surface area (Å²) in [5, 5.41) is 11.4. The molecule has 104 valence electrons. The maximum atomic E-state index is 12.3. The van der Waals surface area contributed by atoms with Crippen LogP contribution in [-0.4, -0.2) is 42.0 Å². The van der Waals surface area contributed by atoms with E-state index in [4.69, 9.17) is 15.7 Å². The zero-order chi connectivity index (χ0) is 14.4. The SMILES string of the molecule is CCN(CC(N)=NO)C(=O)c1ccc(OC)c(Br)c1. The van der Waals surface area contributed by atoms with Crippen molar-refractivity contribution in [3.8, 4) is 5.75 Å². The van der Waals surface area contributed by atoms with E-state index < -0.39 is 0 Å². The van der Waals surface area contributed by atoms with Crippen molar-refractivity contribution >= 4 is 27.7 Å². The standard InChI is InChI=1S/C12H16BrN3O3/c1-3-16(7-11(14)15-18)12(17)8-4-5-10(19-2)9(13)6-8/h4-6,18H,3,7H2,1-2H3,(H2,14,15). The predicted octanol–water partition coefficient (Wildman–Crippen LogP) is 1.67. The number of likely N-dealkylation sites (N-methyl/N-ethyl adjacent to an activating group) is 1. The lowest BCUT2D eigenvalue weighted by atomic mass is 10.2. The van der Waals surface area contributed by atoms with Gasteiger partial charge in [-0.3, -0.25) is 4.79 Å². The molecule has 1 aromatic carbocycles. The minimum absolute atomic E-state index is 0.0113. The summed E-state index contributed by atoms with van der Waals surface area (Å²) in [6.07, 6.45) is 0. The quantitative estimate of drug-likeness (QED) is 0.372. The number of halogens is 1. The summed E-state index contributed by atoms with van der Waals surface area (Å²) in [6, 6.07) is 5.05. The van der Waals surface area contributed by atoms with Crippen molar-refractivity contribution < 1.29 is 14.7 Å². The van der Waals surface area contributed by atoms with Crippen molar-refractivity contribution in [3.63, 3.8) is 0 Å². The van der Waals surface area contributed by atoms with Crippen LogP contribution >= 0.6 is 15.9 Å². The third-order valence-electron chi connectivity index (χ3n) is 2.55. The zero-order valence-corrected chi connectivity index (χ0v) is 12.3. The number of nitrogens with two attached hydrogens (primary N) is 1. The Morgan fingerprint density at radius 2 is 2.26 bits per heavy atom. The van der Waals surface area contributed by atoms with E-state index in [9.17, 15) is 4.79 Å². The molecule has 7 heteroatoms. The summed E-state index contributed by atoms with van der Waals surface area (Å²) >= 11 is 3.33. The van der Waals surface area contributed by atoms with Gasteiger partial charge in [-0.25, -0.2) is 0 Å². The maximum absolute atomic E-state index is 12.3. The number of rotatable bonds is 5. The van der Waals surface area contributed by atoms with Crippen LogP contribution < -0.4 is 10.5 Å². The molecule has 0 bridgehead atoms. The molecule has 0 heterocycles. The highest BCUT2D eigenvalue weighted by Crippen LogP contribution is 2.26. The van der Waals surface area contributed by atoms with Crippen molar-refractivity contribution in [1.29, 1.82) is 0 Å². The van der Waals surface area contributed by atoms with Gasteiger partial charge in [-0.2, -0.15) is 0 Å². The Morgan fingerprint density at radius 1 is 1.58 bits per heavy atom. The van der Waals surface area contributed by atoms with Crippen LogP contribution in [0.3, 0.4) is 0 Å². The first-order valence-corrected chi connectivity index (χ1v) is 6.42. The lowest BCUT2D eigenvalue weighted by molar-refractivity contribution is 0.0786. The van der Waals surface area contributed by atoms with Crippen LogP contribution in [0.5, 0.6) is 5.75 Å². The molecule has 0 saturated heterocycles. The third kappa shape index (κ3) is 3.85. The Labute approximate surface area is 120 Å². The topological polar surface area (TPSA) is 88.1 Å². The van der Waals surface area contributed by atoms with Crippen molar-refractivity contribution in [2.24, 2.45) is 10.9 Å². The number of ether oxygens (including phenoxy) is 1. The van der Waals surface area contributed by atoms with E-state index in [-0.39, 0.29) is 18.3 Å². The minimum atomic E-state index is -0.197. The first-order chi connectivity index (χ1) is 9.03. The Hall–Kier alpha value is -1.76. The van der Waals surface area contributed by atoms with E-state index in [2.05, 4.69) is 21.1 Å². The first-order valence-electron chi connectivity index (χ1n) is 5.62. The Morgan fingerprint density at radius 3 is 2.74 bits per heavy atom. The lowest BCUT2D eigenvalue weighted by Crippen LogP contribution is -2.38. The molecule has 0 saturated carbocycles. The van der Waals surface area contributed by atoms with Crippen molar-refractivity contribution in [1.82, 2.24) is 4.90 Å². The number of amides is 1. The van der Waals surface area contributed by atoms with Crippen LogP contribution in [0.1, 0.15) is 17.3 Å². The van der Waals surface area contributed by atoms with Gasteiger partial charge in [-0.15, -0.1) is 0 Å². The molecule has 1 amide bonds. The number of methoxy groups -OCH3 is 1. The molecule has 0 radical (unpaired) electrons. The van der Waals surface area contributed by atoms with Gasteiger partial charge in [-0.1, -0.05) is 5.16 Å². The molecule has 19 heavy (non-hydrogen) atoms. The highest BCUT2D eigenvalue weighted by Gasteiger charge is 2.16. The van der Waals surface area contributed by atoms with Crippen molar-refractivity contribution in [3.05, 3.63) is 28.2 Å². The normalized spacial score (nSPS) is 11.2. The van der Waals surface area contributed by atoms with E-state index in [1.807, 2.05) is 6.92 Å². The van der Waals surface area contributed by atoms with Gasteiger partial charge in [0.1, 0.15) is 5.75 Å². The van der Waals surface area contributed by atoms with Crippen LogP contribution in [-0.2, 0) is 0 Å². The minimum Gasteiger partial charge on any atom is -0.496 e. The summed E-state index contributed by atoms with van der Waals surface area (Å²) in [6.45, 7) is 2.36. The summed E-state index contributed by atoms with van der Waals surface area (Å²) in [4.78, 5) is 13.7. The molecule has 0 unspecified atom stereocenters. The molecule has 0 atom stereocenters. The summed E-state index contributed by atoms with van der Waals surface area (Å²) in [7, 11) is 1.55. The number of carbonyl (C=O) groups excluding carboxylic acids is 1. The third-order valence-corrected chi connectivity index (χ3v) is 3.17. The van der Waals surface area contributed by atoms with Gasteiger partial charge >= 0.3 is 0 Å². The number of hydrogen-bond donors (Lipinski definition) is 2. The summed E-state index contributed by atoms with van der Waals surface area (Å²) < 4.78 is 5.80. The molecule has 0 aromatic heterocycles. The van der Waals surface area contributed by atoms with E-state index in [0.29, 0.717) is 22.3 Å². The second kappa shape index (κ2) is 6.98. The van der Waals surface area contributed by atoms with Crippen LogP contribution in [0, 0.1) is 0 Å². The molecule has 0 spiro atoms. The molecule has 1 aromatic rings. The van der Waals surface area contributed by atoms with Gasteiger partial charge in [0, 0.05) is 12.1 Å². The second-order valence-corrected chi connectivity index (χ2v) is 4.61. The monoisotopic (exact) mass is 329 g/mol. The molecular weight excluding hydrogens is 314 g/mol. The summed E-state index contributed by atoms with van der Waals surface area (Å²) in [5.41, 5.74) is 5.92. The molecule has 0 aliphatic carbocycles. The predicted molar refractivity (Wildman–Crippen MR) is 75.7 cm³/mol. The average molecular weight is 330 g/mol. The molecule has 0 aliphatic heterocycles. The number of nitrogens with zero attached hydrogens (tertiary/aromatic N) is 2. The van der Waals surface area contributed by atoms with Gasteiger partial charge in [0.25, 0.3) is 5.91 Å². The fourth-order valence-electron chi connectivity index (χ4n) is 1.54. The van der Waals surface area contributed by atoms with E-state index in [0.717, 1.165) is 0 Å². The van der Waals surface area contributed by atoms with Gasteiger partial charge < -0.3 is 20.6 Å². The Bertz CT molecular complexity index is 491. The molecule has 0 aliphatic rings. The number of oxime groups is 1. The highest BCUT2D eigenvalue weighted by atomic mass is 79.9. The van der Waals surface area contributed by atoms with E-state index >= 15 is 0 Å². The number of amidine groups is 1. The van der Waals surface area contributed by atoms with Gasteiger partial charge in [0.2, 0.25) is 0 Å². The van der Waals surface area contributed by atoms with Gasteiger partial charge in [0.15, 0.2) is 5.84 Å². The number of hydrogen-bond acceptors (Lipinski definition) is 4. The maximum Gasteiger partial charge on any atom is 0.254 e. The summed E-state index contributed by atoms with van der Waals surface area (Å²) in [5.74, 6) is 0.441. The van der Waals surface area contributed by atoms with Crippen LogP contribution in [0.15, 0.2) is 27.8 Å². The Kier molecular flexibility index (Phi) is 5.62. The molecule has 0 fully saturated rings. The number of benzene rings is 1. The lowest BCUT2D eigenvalue weighted by Gasteiger charge is -2.20. The molecule has 6 nitrogen and oxygen atoms in total. The first kappa shape index (κ1) is 15.3. The van der Waals surface area contributed by atoms with E-state index in [1.54, 1.807) is 25.3 Å². The zero-order valence-electron chi connectivity index (χ0n) is 10.8. The van der Waals surface area contributed by atoms with Crippen LogP contribution in [0.2, 0.25) is 0 Å². The van der Waals surface area contributed by atoms with E-state index in [1.165, 1.54) is 4.90 Å². The van der Waals surface area contributed by atoms with Gasteiger partial charge in [-0.05, 0) is 41.1 Å². The fourth-order valence-corrected chi connectivity index (χ4v) is 2.08. The van der Waals surface area contributed by atoms with Crippen LogP contribution in [0.4, 0.5) is 0 Å².